The van der Waals surface area contributed by atoms with Gasteiger partial charge in [0.15, 0.2) is 5.78 Å². The molecule has 0 saturated carbocycles. The Morgan fingerprint density at radius 1 is 1.23 bits per heavy atom. The van der Waals surface area contributed by atoms with Gasteiger partial charge in [-0.3, -0.25) is 9.79 Å². The van der Waals surface area contributed by atoms with Crippen LogP contribution in [0.1, 0.15) is 42.6 Å². The largest absolute Gasteiger partial charge is 0.404 e. The van der Waals surface area contributed by atoms with Gasteiger partial charge < -0.3 is 16.0 Å². The lowest BCUT2D eigenvalue weighted by Gasteiger charge is -2.11. The van der Waals surface area contributed by atoms with E-state index in [-0.39, 0.29) is 17.6 Å². The fourth-order valence-corrected chi connectivity index (χ4v) is 2.42. The second-order valence-electron chi connectivity index (χ2n) is 5.91. The lowest BCUT2D eigenvalue weighted by atomic mass is 10.0. The van der Waals surface area contributed by atoms with Crippen LogP contribution in [0.2, 0.25) is 0 Å². The smallest absolute Gasteiger partial charge is 0.184 e. The maximum absolute atomic E-state index is 12.9. The second kappa shape index (κ2) is 10.2. The minimum absolute atomic E-state index is 0.0166. The first kappa shape index (κ1) is 19.5. The topological polar surface area (TPSA) is 108 Å². The molecular formula is C19H23FN4O2. The molecule has 0 saturated heterocycles. The van der Waals surface area contributed by atoms with Crippen LogP contribution in [0.4, 0.5) is 10.1 Å². The number of aromatic nitrogens is 1. The van der Waals surface area contributed by atoms with Crippen molar-refractivity contribution in [2.45, 2.75) is 38.1 Å². The third kappa shape index (κ3) is 6.25. The summed E-state index contributed by atoms with van der Waals surface area (Å²) in [6.07, 6.45) is 8.12. The molecule has 1 heterocycles. The maximum Gasteiger partial charge on any atom is 0.184 e. The minimum Gasteiger partial charge on any atom is -0.404 e. The molecule has 2 rings (SSSR count). The number of unbranched alkanes of at least 4 members (excludes halogenated alkanes) is 2. The quantitative estimate of drug-likeness (QED) is 0.384. The van der Waals surface area contributed by atoms with E-state index in [9.17, 15) is 9.18 Å². The minimum atomic E-state index is -0.308. The van der Waals surface area contributed by atoms with Crippen molar-refractivity contribution in [2.24, 2.45) is 16.5 Å². The number of hydrogen-bond donors (Lipinski definition) is 2. The van der Waals surface area contributed by atoms with Gasteiger partial charge in [-0.2, -0.15) is 0 Å². The average Bonchev–Trinajstić information content (AvgIpc) is 3.18. The molecule has 1 atom stereocenters. The summed E-state index contributed by atoms with van der Waals surface area (Å²) in [7, 11) is 0. The van der Waals surface area contributed by atoms with Crippen LogP contribution in [-0.4, -0.2) is 23.2 Å². The predicted octanol–water partition coefficient (Wildman–Crippen LogP) is 3.52. The highest BCUT2D eigenvalue weighted by Gasteiger charge is 2.10. The van der Waals surface area contributed by atoms with Crippen molar-refractivity contribution in [3.05, 3.63) is 59.9 Å². The molecule has 0 aliphatic rings. The molecule has 0 spiro atoms. The molecule has 0 bridgehead atoms. The van der Waals surface area contributed by atoms with Crippen LogP contribution in [-0.2, 0) is 0 Å². The molecule has 1 aromatic heterocycles. The summed E-state index contributed by atoms with van der Waals surface area (Å²) in [6, 6.07) is 7.18. The molecule has 0 radical (unpaired) electrons. The Hall–Kier alpha value is -2.80. The summed E-state index contributed by atoms with van der Waals surface area (Å²) in [4.78, 5) is 16.0. The normalized spacial score (nSPS) is 13.2. The molecule has 0 aliphatic heterocycles. The monoisotopic (exact) mass is 358 g/mol. The number of carbonyl (C=O) groups is 1. The fraction of sp³-hybridized carbons (Fsp3) is 0.316. The third-order valence-electron chi connectivity index (χ3n) is 3.95. The molecule has 26 heavy (non-hydrogen) atoms. The summed E-state index contributed by atoms with van der Waals surface area (Å²) >= 11 is 0. The van der Waals surface area contributed by atoms with E-state index in [2.05, 4.69) is 14.7 Å². The van der Waals surface area contributed by atoms with Crippen molar-refractivity contribution in [2.75, 3.05) is 0 Å². The number of halogens is 1. The molecule has 0 fully saturated rings. The summed E-state index contributed by atoms with van der Waals surface area (Å²) in [5.41, 5.74) is 13.5. The molecule has 1 aromatic carbocycles. The predicted molar refractivity (Wildman–Crippen MR) is 98.7 cm³/mol. The first-order chi connectivity index (χ1) is 12.6. The number of benzene rings is 1. The van der Waals surface area contributed by atoms with E-state index in [0.29, 0.717) is 23.4 Å². The summed E-state index contributed by atoms with van der Waals surface area (Å²) < 4.78 is 17.5. The zero-order valence-corrected chi connectivity index (χ0v) is 14.5. The number of Topliss-reactive ketones (excluding diaryl/α,β-unsaturated/α-hetero) is 1. The molecule has 0 aliphatic carbocycles. The van der Waals surface area contributed by atoms with Crippen molar-refractivity contribution in [1.82, 2.24) is 5.16 Å². The molecule has 2 aromatic rings. The van der Waals surface area contributed by atoms with Gasteiger partial charge in [0.2, 0.25) is 0 Å². The van der Waals surface area contributed by atoms with Crippen LogP contribution >= 0.6 is 0 Å². The summed E-state index contributed by atoms with van der Waals surface area (Å²) in [5.74, 6) is -0.325. The first-order valence-electron chi connectivity index (χ1n) is 8.50. The molecule has 138 valence electrons. The van der Waals surface area contributed by atoms with Gasteiger partial charge in [-0.1, -0.05) is 18.0 Å². The van der Waals surface area contributed by atoms with Gasteiger partial charge in [0.1, 0.15) is 17.8 Å². The number of ketones is 1. The number of hydrogen-bond acceptors (Lipinski definition) is 6. The molecule has 1 unspecified atom stereocenters. The average molecular weight is 358 g/mol. The van der Waals surface area contributed by atoms with Gasteiger partial charge >= 0.3 is 0 Å². The van der Waals surface area contributed by atoms with Crippen molar-refractivity contribution >= 4 is 17.7 Å². The van der Waals surface area contributed by atoms with E-state index in [1.165, 1.54) is 24.6 Å². The van der Waals surface area contributed by atoms with Crippen molar-refractivity contribution in [3.63, 3.8) is 0 Å². The highest BCUT2D eigenvalue weighted by molar-refractivity contribution is 5.93. The van der Waals surface area contributed by atoms with Crippen molar-refractivity contribution in [3.8, 4) is 0 Å². The van der Waals surface area contributed by atoms with E-state index in [1.54, 1.807) is 24.4 Å². The summed E-state index contributed by atoms with van der Waals surface area (Å²) in [5, 5.41) is 3.63. The van der Waals surface area contributed by atoms with E-state index in [4.69, 9.17) is 11.5 Å². The number of rotatable bonds is 10. The Bertz CT molecular complexity index is 739. The Labute approximate surface area is 151 Å². The first-order valence-corrected chi connectivity index (χ1v) is 8.50. The molecule has 7 heteroatoms. The number of aliphatic imine (C=N–C) groups is 1. The van der Waals surface area contributed by atoms with Crippen LogP contribution in [0.25, 0.3) is 0 Å². The highest BCUT2D eigenvalue weighted by Crippen LogP contribution is 2.14. The molecular weight excluding hydrogens is 335 g/mol. The number of carbonyl (C=O) groups excluding carboxylic acids is 1. The third-order valence-corrected chi connectivity index (χ3v) is 3.95. The van der Waals surface area contributed by atoms with Gasteiger partial charge in [-0.25, -0.2) is 4.39 Å². The summed E-state index contributed by atoms with van der Waals surface area (Å²) in [6.45, 7) is 0. The van der Waals surface area contributed by atoms with Crippen LogP contribution in [0, 0.1) is 5.82 Å². The second-order valence-corrected chi connectivity index (χ2v) is 5.91. The van der Waals surface area contributed by atoms with E-state index in [0.717, 1.165) is 25.7 Å². The van der Waals surface area contributed by atoms with Crippen LogP contribution in [0.5, 0.6) is 0 Å². The van der Waals surface area contributed by atoms with Gasteiger partial charge in [-0.05, 0) is 37.1 Å². The highest BCUT2D eigenvalue weighted by atomic mass is 19.1. The lowest BCUT2D eigenvalue weighted by Crippen LogP contribution is -2.24. The van der Waals surface area contributed by atoms with E-state index in [1.807, 2.05) is 0 Å². The Kier molecular flexibility index (Phi) is 7.70. The van der Waals surface area contributed by atoms with Crippen LogP contribution < -0.4 is 11.5 Å². The van der Waals surface area contributed by atoms with Gasteiger partial charge in [0, 0.05) is 36.5 Å². The van der Waals surface area contributed by atoms with Crippen molar-refractivity contribution < 1.29 is 13.7 Å². The van der Waals surface area contributed by atoms with Crippen LogP contribution in [0.15, 0.2) is 57.9 Å². The SMILES string of the molecule is N/C=C(\C=Nc1ccc(F)cc1)C(N)CCCCCC(=O)c1ccon1. The van der Waals surface area contributed by atoms with Gasteiger partial charge in [-0.15, -0.1) is 0 Å². The molecule has 6 nitrogen and oxygen atoms in total. The zero-order chi connectivity index (χ0) is 18.8. The van der Waals surface area contributed by atoms with Crippen molar-refractivity contribution in [1.29, 1.82) is 0 Å². The van der Waals surface area contributed by atoms with E-state index >= 15 is 0 Å². The lowest BCUT2D eigenvalue weighted by molar-refractivity contribution is 0.0970. The zero-order valence-electron chi connectivity index (χ0n) is 14.5. The molecule has 4 N–H and O–H groups in total. The molecule has 0 amide bonds. The number of nitrogens with zero attached hydrogens (tertiary/aromatic N) is 2. The van der Waals surface area contributed by atoms with Crippen LogP contribution in [0.3, 0.4) is 0 Å². The van der Waals surface area contributed by atoms with Gasteiger partial charge in [0.05, 0.1) is 5.69 Å². The fourth-order valence-electron chi connectivity index (χ4n) is 2.42. The standard InChI is InChI=1S/C19H23FN4O2/c20-15-6-8-16(9-7-15)23-13-14(12-21)17(22)4-2-1-3-5-19(25)18-10-11-26-24-18/h6-13,17H,1-5,21-22H2/b14-12+,23-13?. The Morgan fingerprint density at radius 3 is 2.65 bits per heavy atom. The van der Waals surface area contributed by atoms with Gasteiger partial charge in [0.25, 0.3) is 0 Å². The maximum atomic E-state index is 12.9. The van der Waals surface area contributed by atoms with E-state index < -0.39 is 0 Å². The number of nitrogens with two attached hydrogens (primary N) is 2. The Balaban J connectivity index is 1.70. The Morgan fingerprint density at radius 2 is 2.00 bits per heavy atom.